The molecule has 2 saturated heterocycles. The van der Waals surface area contributed by atoms with Gasteiger partial charge in [-0.25, -0.2) is 4.98 Å². The number of para-hydroxylation sites is 1. The third-order valence-electron chi connectivity index (χ3n) is 7.28. The summed E-state index contributed by atoms with van der Waals surface area (Å²) in [5, 5.41) is 0. The molecule has 32 heavy (non-hydrogen) atoms. The molecular formula is C24H29N5O3. The van der Waals surface area contributed by atoms with Crippen molar-refractivity contribution in [2.45, 2.75) is 57.2 Å². The van der Waals surface area contributed by atoms with Crippen LogP contribution in [0, 0.1) is 0 Å². The van der Waals surface area contributed by atoms with Gasteiger partial charge >= 0.3 is 0 Å². The quantitative estimate of drug-likeness (QED) is 0.724. The van der Waals surface area contributed by atoms with Gasteiger partial charge in [-0.15, -0.1) is 0 Å². The minimum atomic E-state index is -0.658. The van der Waals surface area contributed by atoms with E-state index in [1.54, 1.807) is 22.1 Å². The van der Waals surface area contributed by atoms with Crippen molar-refractivity contribution in [3.05, 3.63) is 48.5 Å². The molecule has 1 aromatic carbocycles. The Kier molecular flexibility index (Phi) is 5.23. The van der Waals surface area contributed by atoms with E-state index in [2.05, 4.69) is 9.55 Å². The molecule has 2 aromatic rings. The first kappa shape index (κ1) is 20.7. The Morgan fingerprint density at radius 2 is 1.97 bits per heavy atom. The number of carbonyl (C=O) groups is 3. The molecule has 3 amide bonds. The number of fused-ring (bicyclic) bond motifs is 3. The number of benzene rings is 1. The number of rotatable bonds is 5. The van der Waals surface area contributed by atoms with Crippen LogP contribution in [0.1, 0.15) is 61.8 Å². The number of hydrogen-bond donors (Lipinski definition) is 0. The highest BCUT2D eigenvalue weighted by Crippen LogP contribution is 2.44. The SMILES string of the molecule is CC12CCC(=O)N1c1ccccc1C(=O)N2CCCC(=O)N1CCC(n2ccnc2)CC1. The van der Waals surface area contributed by atoms with Gasteiger partial charge in [-0.3, -0.25) is 19.3 Å². The normalized spacial score (nSPS) is 23.5. The van der Waals surface area contributed by atoms with E-state index in [0.717, 1.165) is 25.9 Å². The Morgan fingerprint density at radius 3 is 2.72 bits per heavy atom. The fourth-order valence-electron chi connectivity index (χ4n) is 5.49. The van der Waals surface area contributed by atoms with Crippen LogP contribution in [0.4, 0.5) is 5.69 Å². The van der Waals surface area contributed by atoms with Crippen molar-refractivity contribution in [3.8, 4) is 0 Å². The predicted molar refractivity (Wildman–Crippen MR) is 119 cm³/mol. The molecule has 0 saturated carbocycles. The molecule has 3 aliphatic rings. The van der Waals surface area contributed by atoms with Gasteiger partial charge in [-0.05, 0) is 44.7 Å². The van der Waals surface area contributed by atoms with Crippen LogP contribution in [0.3, 0.4) is 0 Å². The van der Waals surface area contributed by atoms with Gasteiger partial charge in [0.2, 0.25) is 11.8 Å². The molecule has 8 nitrogen and oxygen atoms in total. The zero-order valence-corrected chi connectivity index (χ0v) is 18.4. The minimum absolute atomic E-state index is 0.0503. The van der Waals surface area contributed by atoms with Gasteiger partial charge in [0.05, 0.1) is 17.6 Å². The second-order valence-corrected chi connectivity index (χ2v) is 9.15. The molecule has 0 spiro atoms. The van der Waals surface area contributed by atoms with Crippen LogP contribution < -0.4 is 4.90 Å². The van der Waals surface area contributed by atoms with Gasteiger partial charge in [-0.1, -0.05) is 12.1 Å². The Labute approximate surface area is 187 Å². The molecular weight excluding hydrogens is 406 g/mol. The summed E-state index contributed by atoms with van der Waals surface area (Å²) in [5.41, 5.74) is 0.609. The summed E-state index contributed by atoms with van der Waals surface area (Å²) in [6.07, 6.45) is 9.51. The second kappa shape index (κ2) is 8.07. The lowest BCUT2D eigenvalue weighted by Crippen LogP contribution is -2.62. The van der Waals surface area contributed by atoms with Gasteiger partial charge in [0.25, 0.3) is 5.91 Å². The van der Waals surface area contributed by atoms with Crippen molar-refractivity contribution in [2.24, 2.45) is 0 Å². The Bertz CT molecular complexity index is 1030. The number of anilines is 1. The minimum Gasteiger partial charge on any atom is -0.343 e. The molecule has 1 unspecified atom stereocenters. The smallest absolute Gasteiger partial charge is 0.257 e. The molecule has 0 aliphatic carbocycles. The number of piperidine rings is 1. The van der Waals surface area contributed by atoms with Gasteiger partial charge in [0, 0.05) is 50.9 Å². The van der Waals surface area contributed by atoms with Crippen molar-refractivity contribution in [1.29, 1.82) is 0 Å². The number of imidazole rings is 1. The van der Waals surface area contributed by atoms with Gasteiger partial charge in [0.15, 0.2) is 0 Å². The molecule has 4 heterocycles. The molecule has 8 heteroatoms. The number of carbonyl (C=O) groups excluding carboxylic acids is 3. The standard InChI is InChI=1S/C24H29N5O3/c1-24-11-8-22(31)29(24)20-6-3-2-5-19(20)23(32)28(24)13-4-7-21(30)26-14-9-18(10-15-26)27-16-12-25-17-27/h2-3,5-6,12,16-18H,4,7-11,13-15H2,1H3. The zero-order chi connectivity index (χ0) is 22.3. The van der Waals surface area contributed by atoms with E-state index in [9.17, 15) is 14.4 Å². The van der Waals surface area contributed by atoms with Crippen molar-refractivity contribution >= 4 is 23.4 Å². The topological polar surface area (TPSA) is 78.8 Å². The van der Waals surface area contributed by atoms with Crippen molar-refractivity contribution < 1.29 is 14.4 Å². The first-order chi connectivity index (χ1) is 15.5. The van der Waals surface area contributed by atoms with E-state index >= 15 is 0 Å². The summed E-state index contributed by atoms with van der Waals surface area (Å²) in [6.45, 7) is 3.93. The van der Waals surface area contributed by atoms with Crippen molar-refractivity contribution in [2.75, 3.05) is 24.5 Å². The molecule has 0 bridgehead atoms. The van der Waals surface area contributed by atoms with E-state index in [1.807, 2.05) is 42.5 Å². The van der Waals surface area contributed by atoms with Crippen LogP contribution in [0.25, 0.3) is 0 Å². The highest BCUT2D eigenvalue weighted by molar-refractivity contribution is 6.10. The van der Waals surface area contributed by atoms with E-state index in [4.69, 9.17) is 0 Å². The average Bonchev–Trinajstić information content (AvgIpc) is 3.45. The van der Waals surface area contributed by atoms with Crippen LogP contribution in [-0.4, -0.2) is 62.4 Å². The molecule has 3 aliphatic heterocycles. The Hall–Kier alpha value is -3.16. The fourth-order valence-corrected chi connectivity index (χ4v) is 5.49. The average molecular weight is 436 g/mol. The summed E-state index contributed by atoms with van der Waals surface area (Å²) in [4.78, 5) is 48.4. The Morgan fingerprint density at radius 1 is 1.19 bits per heavy atom. The second-order valence-electron chi connectivity index (χ2n) is 9.15. The van der Waals surface area contributed by atoms with Crippen LogP contribution >= 0.6 is 0 Å². The summed E-state index contributed by atoms with van der Waals surface area (Å²) in [5.74, 6) is 0.139. The van der Waals surface area contributed by atoms with Gasteiger partial charge < -0.3 is 14.4 Å². The van der Waals surface area contributed by atoms with Gasteiger partial charge in [0.1, 0.15) is 5.66 Å². The lowest BCUT2D eigenvalue weighted by molar-refractivity contribution is -0.132. The lowest BCUT2D eigenvalue weighted by Gasteiger charge is -2.48. The number of aromatic nitrogens is 2. The van der Waals surface area contributed by atoms with Crippen LogP contribution in [0.15, 0.2) is 43.0 Å². The summed E-state index contributed by atoms with van der Waals surface area (Å²) < 4.78 is 2.12. The third-order valence-corrected chi connectivity index (χ3v) is 7.28. The van der Waals surface area contributed by atoms with Crippen LogP contribution in [0.5, 0.6) is 0 Å². The monoisotopic (exact) mass is 435 g/mol. The first-order valence-corrected chi connectivity index (χ1v) is 11.5. The number of nitrogens with zero attached hydrogens (tertiary/aromatic N) is 5. The summed E-state index contributed by atoms with van der Waals surface area (Å²) in [6, 6.07) is 7.73. The van der Waals surface area contributed by atoms with Crippen LogP contribution in [0.2, 0.25) is 0 Å². The van der Waals surface area contributed by atoms with E-state index in [1.165, 1.54) is 0 Å². The third kappa shape index (κ3) is 3.38. The number of amides is 3. The van der Waals surface area contributed by atoms with E-state index < -0.39 is 5.66 Å². The van der Waals surface area contributed by atoms with E-state index in [-0.39, 0.29) is 17.7 Å². The maximum absolute atomic E-state index is 13.3. The lowest BCUT2D eigenvalue weighted by atomic mass is 9.97. The maximum Gasteiger partial charge on any atom is 0.257 e. The summed E-state index contributed by atoms with van der Waals surface area (Å²) >= 11 is 0. The van der Waals surface area contributed by atoms with Crippen molar-refractivity contribution in [3.63, 3.8) is 0 Å². The molecule has 168 valence electrons. The first-order valence-electron chi connectivity index (χ1n) is 11.5. The highest BCUT2D eigenvalue weighted by atomic mass is 16.2. The molecule has 1 atom stereocenters. The Balaban J connectivity index is 1.21. The predicted octanol–water partition coefficient (Wildman–Crippen LogP) is 2.83. The number of hydrogen-bond acceptors (Lipinski definition) is 4. The zero-order valence-electron chi connectivity index (χ0n) is 18.4. The fraction of sp³-hybridized carbons (Fsp3) is 0.500. The van der Waals surface area contributed by atoms with Crippen molar-refractivity contribution in [1.82, 2.24) is 19.4 Å². The highest BCUT2D eigenvalue weighted by Gasteiger charge is 2.52. The molecule has 5 rings (SSSR count). The molecule has 0 radical (unpaired) electrons. The van der Waals surface area contributed by atoms with E-state index in [0.29, 0.717) is 49.5 Å². The largest absolute Gasteiger partial charge is 0.343 e. The molecule has 0 N–H and O–H groups in total. The van der Waals surface area contributed by atoms with Gasteiger partial charge in [-0.2, -0.15) is 0 Å². The number of likely N-dealkylation sites (tertiary alicyclic amines) is 1. The molecule has 2 fully saturated rings. The molecule has 1 aromatic heterocycles. The van der Waals surface area contributed by atoms with Crippen LogP contribution in [-0.2, 0) is 9.59 Å². The maximum atomic E-state index is 13.3. The summed E-state index contributed by atoms with van der Waals surface area (Å²) in [7, 11) is 0.